The molecule has 1 atom stereocenters. The van der Waals surface area contributed by atoms with Crippen LogP contribution in [0.2, 0.25) is 0 Å². The van der Waals surface area contributed by atoms with Crippen molar-refractivity contribution in [1.82, 2.24) is 0 Å². The van der Waals surface area contributed by atoms with E-state index in [1.54, 1.807) is 5.57 Å². The van der Waals surface area contributed by atoms with Crippen LogP contribution < -0.4 is 0 Å². The SMILES string of the molecule is CCC(CC)=C(I)C1CCCO1. The average Bonchev–Trinajstić information content (AvgIpc) is 2.58. The highest BCUT2D eigenvalue weighted by Gasteiger charge is 2.19. The Balaban J connectivity index is 2.63. The Morgan fingerprint density at radius 2 is 2.08 bits per heavy atom. The minimum Gasteiger partial charge on any atom is -0.373 e. The normalized spacial score (nSPS) is 22.8. The van der Waals surface area contributed by atoms with Crippen molar-refractivity contribution in [3.8, 4) is 0 Å². The highest BCUT2D eigenvalue weighted by Crippen LogP contribution is 2.29. The summed E-state index contributed by atoms with van der Waals surface area (Å²) < 4.78 is 7.10. The molecule has 1 aliphatic rings. The number of ether oxygens (including phenoxy) is 1. The molecule has 1 saturated heterocycles. The molecule has 1 nitrogen and oxygen atoms in total. The van der Waals surface area contributed by atoms with Gasteiger partial charge in [-0.25, -0.2) is 0 Å². The Morgan fingerprint density at radius 1 is 1.42 bits per heavy atom. The molecule has 0 N–H and O–H groups in total. The van der Waals surface area contributed by atoms with E-state index >= 15 is 0 Å². The highest BCUT2D eigenvalue weighted by atomic mass is 127. The van der Waals surface area contributed by atoms with Crippen molar-refractivity contribution < 1.29 is 4.74 Å². The van der Waals surface area contributed by atoms with Gasteiger partial charge >= 0.3 is 0 Å². The number of hydrogen-bond acceptors (Lipinski definition) is 1. The monoisotopic (exact) mass is 280 g/mol. The molecule has 1 unspecified atom stereocenters. The van der Waals surface area contributed by atoms with Gasteiger partial charge in [-0.2, -0.15) is 0 Å². The maximum atomic E-state index is 5.63. The highest BCUT2D eigenvalue weighted by molar-refractivity contribution is 14.1. The molecule has 2 heteroatoms. The van der Waals surface area contributed by atoms with Gasteiger partial charge in [0.05, 0.1) is 6.10 Å². The minimum atomic E-state index is 0.431. The van der Waals surface area contributed by atoms with Gasteiger partial charge < -0.3 is 4.74 Å². The molecule has 1 heterocycles. The van der Waals surface area contributed by atoms with Gasteiger partial charge in [0.15, 0.2) is 0 Å². The average molecular weight is 280 g/mol. The van der Waals surface area contributed by atoms with E-state index in [1.807, 2.05) is 0 Å². The van der Waals surface area contributed by atoms with E-state index in [4.69, 9.17) is 4.74 Å². The smallest absolute Gasteiger partial charge is 0.0881 e. The van der Waals surface area contributed by atoms with Crippen molar-refractivity contribution in [3.63, 3.8) is 0 Å². The van der Waals surface area contributed by atoms with Gasteiger partial charge in [0.2, 0.25) is 0 Å². The molecule has 70 valence electrons. The Morgan fingerprint density at radius 3 is 2.50 bits per heavy atom. The first-order valence-electron chi connectivity index (χ1n) is 4.78. The fraction of sp³-hybridized carbons (Fsp3) is 0.800. The van der Waals surface area contributed by atoms with E-state index in [2.05, 4.69) is 36.4 Å². The van der Waals surface area contributed by atoms with Crippen LogP contribution in [0.25, 0.3) is 0 Å². The van der Waals surface area contributed by atoms with Gasteiger partial charge in [0.25, 0.3) is 0 Å². The van der Waals surface area contributed by atoms with Gasteiger partial charge in [-0.15, -0.1) is 0 Å². The Kier molecular flexibility index (Phi) is 4.57. The number of hydrogen-bond donors (Lipinski definition) is 0. The van der Waals surface area contributed by atoms with E-state index in [0.717, 1.165) is 6.61 Å². The topological polar surface area (TPSA) is 9.23 Å². The van der Waals surface area contributed by atoms with E-state index in [9.17, 15) is 0 Å². The van der Waals surface area contributed by atoms with Crippen LogP contribution in [-0.4, -0.2) is 12.7 Å². The zero-order chi connectivity index (χ0) is 8.97. The number of halogens is 1. The van der Waals surface area contributed by atoms with Crippen LogP contribution in [0.1, 0.15) is 39.5 Å². The largest absolute Gasteiger partial charge is 0.373 e. The van der Waals surface area contributed by atoms with Gasteiger partial charge in [0, 0.05) is 10.2 Å². The number of allylic oxidation sites excluding steroid dienone is 1. The van der Waals surface area contributed by atoms with Crippen LogP contribution in [0.5, 0.6) is 0 Å². The lowest BCUT2D eigenvalue weighted by Gasteiger charge is -2.12. The molecular formula is C10H17IO. The van der Waals surface area contributed by atoms with Gasteiger partial charge in [-0.1, -0.05) is 19.4 Å². The summed E-state index contributed by atoms with van der Waals surface area (Å²) in [7, 11) is 0. The van der Waals surface area contributed by atoms with Crippen molar-refractivity contribution in [3.05, 3.63) is 9.15 Å². The standard InChI is InChI=1S/C10H17IO/c1-3-8(4-2)10(11)9-6-5-7-12-9/h9H,3-7H2,1-2H3. The summed E-state index contributed by atoms with van der Waals surface area (Å²) in [4.78, 5) is 0. The molecule has 0 amide bonds. The van der Waals surface area contributed by atoms with Crippen LogP contribution in [0.4, 0.5) is 0 Å². The van der Waals surface area contributed by atoms with Crippen molar-refractivity contribution in [1.29, 1.82) is 0 Å². The zero-order valence-corrected chi connectivity index (χ0v) is 10.1. The molecular weight excluding hydrogens is 263 g/mol. The summed E-state index contributed by atoms with van der Waals surface area (Å²) in [5, 5.41) is 0. The molecule has 0 spiro atoms. The van der Waals surface area contributed by atoms with E-state index in [0.29, 0.717) is 6.10 Å². The molecule has 0 bridgehead atoms. The summed E-state index contributed by atoms with van der Waals surface area (Å²) in [5.74, 6) is 0. The first-order chi connectivity index (χ1) is 5.79. The second kappa shape index (κ2) is 5.22. The van der Waals surface area contributed by atoms with Gasteiger partial charge in [-0.05, 0) is 48.3 Å². The van der Waals surface area contributed by atoms with Crippen LogP contribution in [0, 0.1) is 0 Å². The molecule has 0 radical (unpaired) electrons. The first kappa shape index (κ1) is 10.5. The molecule has 0 saturated carbocycles. The third-order valence-electron chi connectivity index (χ3n) is 2.40. The van der Waals surface area contributed by atoms with E-state index in [-0.39, 0.29) is 0 Å². The van der Waals surface area contributed by atoms with Crippen LogP contribution in [0.15, 0.2) is 9.15 Å². The summed E-state index contributed by atoms with van der Waals surface area (Å²) >= 11 is 2.46. The van der Waals surface area contributed by atoms with Crippen molar-refractivity contribution in [2.24, 2.45) is 0 Å². The fourth-order valence-electron chi connectivity index (χ4n) is 1.59. The fourth-order valence-corrected chi connectivity index (χ4v) is 2.85. The predicted octanol–water partition coefficient (Wildman–Crippen LogP) is 3.67. The predicted molar refractivity (Wildman–Crippen MR) is 60.6 cm³/mol. The summed E-state index contributed by atoms with van der Waals surface area (Å²) in [5.41, 5.74) is 1.57. The Labute approximate surface area is 88.7 Å². The van der Waals surface area contributed by atoms with Gasteiger partial charge in [-0.3, -0.25) is 0 Å². The van der Waals surface area contributed by atoms with Crippen molar-refractivity contribution in [2.75, 3.05) is 6.61 Å². The van der Waals surface area contributed by atoms with Crippen LogP contribution >= 0.6 is 22.6 Å². The quantitative estimate of drug-likeness (QED) is 0.717. The summed E-state index contributed by atoms with van der Waals surface area (Å²) in [6, 6.07) is 0. The molecule has 0 aromatic rings. The lowest BCUT2D eigenvalue weighted by atomic mass is 10.1. The Hall–Kier alpha value is 0.430. The lowest BCUT2D eigenvalue weighted by Crippen LogP contribution is -2.06. The van der Waals surface area contributed by atoms with E-state index in [1.165, 1.54) is 29.3 Å². The third kappa shape index (κ3) is 2.46. The van der Waals surface area contributed by atoms with Crippen molar-refractivity contribution in [2.45, 2.75) is 45.6 Å². The maximum absolute atomic E-state index is 5.63. The lowest BCUT2D eigenvalue weighted by molar-refractivity contribution is 0.143. The maximum Gasteiger partial charge on any atom is 0.0881 e. The summed E-state index contributed by atoms with van der Waals surface area (Å²) in [6.07, 6.45) is 5.24. The van der Waals surface area contributed by atoms with Crippen LogP contribution in [0.3, 0.4) is 0 Å². The first-order valence-corrected chi connectivity index (χ1v) is 5.86. The van der Waals surface area contributed by atoms with Gasteiger partial charge in [0.1, 0.15) is 0 Å². The zero-order valence-electron chi connectivity index (χ0n) is 7.90. The van der Waals surface area contributed by atoms with Crippen LogP contribution in [-0.2, 0) is 4.74 Å². The molecule has 0 aliphatic carbocycles. The Bertz CT molecular complexity index is 163. The number of rotatable bonds is 3. The molecule has 0 aromatic carbocycles. The second-order valence-electron chi connectivity index (χ2n) is 3.16. The third-order valence-corrected chi connectivity index (χ3v) is 3.86. The molecule has 1 aliphatic heterocycles. The minimum absolute atomic E-state index is 0.431. The second-order valence-corrected chi connectivity index (χ2v) is 4.32. The molecule has 1 rings (SSSR count). The molecule has 1 fully saturated rings. The van der Waals surface area contributed by atoms with Crippen molar-refractivity contribution >= 4 is 22.6 Å². The summed E-state index contributed by atoms with van der Waals surface area (Å²) in [6.45, 7) is 5.41. The molecule has 12 heavy (non-hydrogen) atoms. The van der Waals surface area contributed by atoms with E-state index < -0.39 is 0 Å². The molecule has 0 aromatic heterocycles.